The summed E-state index contributed by atoms with van der Waals surface area (Å²) >= 11 is 6.64. The Hall–Kier alpha value is -2.39. The van der Waals surface area contributed by atoms with E-state index in [-0.39, 0.29) is 5.91 Å². The molecule has 0 radical (unpaired) electrons. The first-order valence-corrected chi connectivity index (χ1v) is 9.54. The number of hydrogen-bond donors (Lipinski definition) is 0. The van der Waals surface area contributed by atoms with Gasteiger partial charge in [-0.1, -0.05) is 35.9 Å². The van der Waals surface area contributed by atoms with E-state index in [4.69, 9.17) is 16.6 Å². The van der Waals surface area contributed by atoms with Crippen molar-refractivity contribution in [3.8, 4) is 0 Å². The van der Waals surface area contributed by atoms with Crippen molar-refractivity contribution >= 4 is 34.1 Å². The van der Waals surface area contributed by atoms with Crippen molar-refractivity contribution in [1.82, 2.24) is 4.98 Å². The second kappa shape index (κ2) is 7.08. The van der Waals surface area contributed by atoms with Crippen molar-refractivity contribution in [2.24, 2.45) is 0 Å². The molecule has 1 aromatic heterocycles. The highest BCUT2D eigenvalue weighted by molar-refractivity contribution is 6.36. The zero-order valence-corrected chi connectivity index (χ0v) is 15.6. The van der Waals surface area contributed by atoms with E-state index in [2.05, 4.69) is 0 Å². The molecule has 0 atom stereocenters. The van der Waals surface area contributed by atoms with Crippen LogP contribution in [-0.2, 0) is 12.8 Å². The maximum absolute atomic E-state index is 13.1. The van der Waals surface area contributed by atoms with Gasteiger partial charge in [-0.05, 0) is 62.4 Å². The first-order chi connectivity index (χ1) is 12.7. The smallest absolute Gasteiger partial charge is 0.258 e. The lowest BCUT2D eigenvalue weighted by molar-refractivity contribution is 0.0988. The van der Waals surface area contributed by atoms with Gasteiger partial charge in [-0.3, -0.25) is 9.78 Å². The fourth-order valence-electron chi connectivity index (χ4n) is 3.71. The minimum Gasteiger partial charge on any atom is -0.309 e. The molecule has 3 aromatic rings. The lowest BCUT2D eigenvalue weighted by Gasteiger charge is -2.22. The molecule has 0 bridgehead atoms. The number of aromatic nitrogens is 1. The highest BCUT2D eigenvalue weighted by atomic mass is 35.5. The number of rotatable bonds is 3. The zero-order valence-electron chi connectivity index (χ0n) is 14.8. The number of para-hydroxylation sites is 1. The summed E-state index contributed by atoms with van der Waals surface area (Å²) in [7, 11) is 0. The van der Waals surface area contributed by atoms with E-state index in [1.165, 1.54) is 12.0 Å². The van der Waals surface area contributed by atoms with Crippen LogP contribution in [0, 0.1) is 0 Å². The van der Waals surface area contributed by atoms with Gasteiger partial charge in [-0.2, -0.15) is 0 Å². The molecule has 0 aliphatic heterocycles. The van der Waals surface area contributed by atoms with Gasteiger partial charge in [0.15, 0.2) is 0 Å². The largest absolute Gasteiger partial charge is 0.309 e. The Morgan fingerprint density at radius 2 is 1.88 bits per heavy atom. The number of nitrogens with zero attached hydrogens (tertiary/aromatic N) is 2. The van der Waals surface area contributed by atoms with Crippen molar-refractivity contribution in [3.63, 3.8) is 0 Å². The molecule has 0 spiro atoms. The van der Waals surface area contributed by atoms with Gasteiger partial charge < -0.3 is 4.90 Å². The van der Waals surface area contributed by atoms with Crippen LogP contribution in [0.2, 0.25) is 5.02 Å². The molecule has 0 unspecified atom stereocenters. The van der Waals surface area contributed by atoms with Gasteiger partial charge in [0.25, 0.3) is 5.91 Å². The minimum absolute atomic E-state index is 0.0174. The molecule has 132 valence electrons. The van der Waals surface area contributed by atoms with Crippen LogP contribution in [0.25, 0.3) is 10.9 Å². The van der Waals surface area contributed by atoms with Gasteiger partial charge in [0.2, 0.25) is 0 Å². The maximum Gasteiger partial charge on any atom is 0.258 e. The van der Waals surface area contributed by atoms with E-state index in [9.17, 15) is 4.79 Å². The zero-order chi connectivity index (χ0) is 18.1. The molecule has 1 aliphatic rings. The van der Waals surface area contributed by atoms with Gasteiger partial charge in [-0.25, -0.2) is 0 Å². The van der Waals surface area contributed by atoms with E-state index in [0.717, 1.165) is 46.6 Å². The van der Waals surface area contributed by atoms with Crippen LogP contribution in [0.5, 0.6) is 0 Å². The van der Waals surface area contributed by atoms with Crippen LogP contribution in [0.15, 0.2) is 48.5 Å². The van der Waals surface area contributed by atoms with Gasteiger partial charge in [0, 0.05) is 28.9 Å². The monoisotopic (exact) mass is 364 g/mol. The molecule has 0 N–H and O–H groups in total. The average Bonchev–Trinajstić information content (AvgIpc) is 2.69. The summed E-state index contributed by atoms with van der Waals surface area (Å²) in [6.45, 7) is 2.59. The first kappa shape index (κ1) is 17.0. The molecule has 2 aromatic carbocycles. The van der Waals surface area contributed by atoms with E-state index in [1.54, 1.807) is 4.90 Å². The van der Waals surface area contributed by atoms with Crippen molar-refractivity contribution in [1.29, 1.82) is 0 Å². The van der Waals surface area contributed by atoms with E-state index in [1.807, 2.05) is 55.5 Å². The lowest BCUT2D eigenvalue weighted by atomic mass is 9.94. The predicted octanol–water partition coefficient (Wildman–Crippen LogP) is 5.43. The van der Waals surface area contributed by atoms with E-state index < -0.39 is 0 Å². The third kappa shape index (κ3) is 2.97. The summed E-state index contributed by atoms with van der Waals surface area (Å²) in [4.78, 5) is 19.7. The summed E-state index contributed by atoms with van der Waals surface area (Å²) in [5.41, 5.74) is 4.63. The Bertz CT molecular complexity index is 969. The highest BCUT2D eigenvalue weighted by Gasteiger charge is 2.20. The Kier molecular flexibility index (Phi) is 4.64. The normalized spacial score (nSPS) is 13.5. The highest BCUT2D eigenvalue weighted by Crippen LogP contribution is 2.33. The number of carbonyl (C=O) groups excluding carboxylic acids is 1. The van der Waals surface area contributed by atoms with Gasteiger partial charge in [0.05, 0.1) is 10.5 Å². The Morgan fingerprint density at radius 1 is 1.12 bits per heavy atom. The summed E-state index contributed by atoms with van der Waals surface area (Å²) in [6.07, 6.45) is 4.28. The first-order valence-electron chi connectivity index (χ1n) is 9.17. The Morgan fingerprint density at radius 3 is 2.65 bits per heavy atom. The van der Waals surface area contributed by atoms with E-state index in [0.29, 0.717) is 12.1 Å². The van der Waals surface area contributed by atoms with Crippen LogP contribution in [-0.4, -0.2) is 17.4 Å². The van der Waals surface area contributed by atoms with Crippen molar-refractivity contribution in [2.45, 2.75) is 32.6 Å². The summed E-state index contributed by atoms with van der Waals surface area (Å²) in [5.74, 6) is -0.0174. The fourth-order valence-corrected chi connectivity index (χ4v) is 4.07. The van der Waals surface area contributed by atoms with Crippen LogP contribution in [0.4, 0.5) is 5.69 Å². The Labute approximate surface area is 158 Å². The third-order valence-corrected chi connectivity index (χ3v) is 5.50. The number of halogens is 1. The molecule has 26 heavy (non-hydrogen) atoms. The molecule has 0 saturated heterocycles. The summed E-state index contributed by atoms with van der Waals surface area (Å²) in [6, 6.07) is 15.4. The molecule has 4 heteroatoms. The van der Waals surface area contributed by atoms with Crippen molar-refractivity contribution in [2.75, 3.05) is 11.4 Å². The van der Waals surface area contributed by atoms with E-state index >= 15 is 0 Å². The van der Waals surface area contributed by atoms with Crippen LogP contribution < -0.4 is 4.90 Å². The summed E-state index contributed by atoms with van der Waals surface area (Å²) < 4.78 is 0. The molecule has 1 amide bonds. The number of amides is 1. The molecule has 0 fully saturated rings. The minimum atomic E-state index is -0.0174. The predicted molar refractivity (Wildman–Crippen MR) is 107 cm³/mol. The van der Waals surface area contributed by atoms with Crippen molar-refractivity contribution < 1.29 is 4.79 Å². The van der Waals surface area contributed by atoms with Crippen LogP contribution in [0.1, 0.15) is 41.4 Å². The molecule has 3 nitrogen and oxygen atoms in total. The maximum atomic E-state index is 13.1. The molecule has 1 heterocycles. The Balaban J connectivity index is 1.76. The van der Waals surface area contributed by atoms with Crippen LogP contribution >= 0.6 is 11.6 Å². The average molecular weight is 365 g/mol. The van der Waals surface area contributed by atoms with Gasteiger partial charge >= 0.3 is 0 Å². The fraction of sp³-hybridized carbons (Fsp3) is 0.273. The third-order valence-electron chi connectivity index (χ3n) is 5.07. The number of hydrogen-bond acceptors (Lipinski definition) is 2. The second-order valence-corrected chi connectivity index (χ2v) is 7.05. The number of fused-ring (bicyclic) bond motifs is 2. The molecule has 4 rings (SSSR count). The molecular weight excluding hydrogens is 344 g/mol. The molecular formula is C22H21ClN2O. The lowest BCUT2D eigenvalue weighted by Crippen LogP contribution is -2.30. The topological polar surface area (TPSA) is 33.2 Å². The molecule has 1 aliphatic carbocycles. The number of carbonyl (C=O) groups is 1. The SMILES string of the molecule is CCN(C(=O)c1ccc2c(Cl)c3c(nc2c1)CCCC3)c1ccccc1. The number of aryl methyl sites for hydroxylation is 1. The standard InChI is InChI=1S/C22H21ClN2O/c1-2-25(16-8-4-3-5-9-16)22(26)15-12-13-18-20(14-15)24-19-11-7-6-10-17(19)21(18)23/h3-5,8-9,12-14H,2,6-7,10-11H2,1H3. The number of benzene rings is 2. The molecule has 0 saturated carbocycles. The summed E-state index contributed by atoms with van der Waals surface area (Å²) in [5, 5.41) is 1.74. The number of pyridine rings is 1. The van der Waals surface area contributed by atoms with Crippen molar-refractivity contribution in [3.05, 3.63) is 70.4 Å². The number of anilines is 1. The quantitative estimate of drug-likeness (QED) is 0.620. The van der Waals surface area contributed by atoms with Crippen LogP contribution in [0.3, 0.4) is 0 Å². The second-order valence-electron chi connectivity index (χ2n) is 6.68. The van der Waals surface area contributed by atoms with Gasteiger partial charge in [0.1, 0.15) is 0 Å². The van der Waals surface area contributed by atoms with Gasteiger partial charge in [-0.15, -0.1) is 0 Å².